The summed E-state index contributed by atoms with van der Waals surface area (Å²) in [5, 5.41) is 39.6. The van der Waals surface area contributed by atoms with E-state index in [0.29, 0.717) is 25.7 Å². The highest BCUT2D eigenvalue weighted by Crippen LogP contribution is 2.38. The van der Waals surface area contributed by atoms with Crippen molar-refractivity contribution in [2.75, 3.05) is 6.61 Å². The summed E-state index contributed by atoms with van der Waals surface area (Å²) in [4.78, 5) is 4.26. The molecule has 0 spiro atoms. The summed E-state index contributed by atoms with van der Waals surface area (Å²) in [6, 6.07) is 7.72. The summed E-state index contributed by atoms with van der Waals surface area (Å²) in [7, 11) is 0. The lowest BCUT2D eigenvalue weighted by molar-refractivity contribution is -0.275. The molecule has 0 radical (unpaired) electrons. The second-order valence-corrected chi connectivity index (χ2v) is 8.61. The minimum Gasteiger partial charge on any atom is -0.491 e. The third kappa shape index (κ3) is 8.36. The molecule has 0 aliphatic heterocycles. The predicted molar refractivity (Wildman–Crippen MR) is 116 cm³/mol. The van der Waals surface area contributed by atoms with Crippen LogP contribution in [0, 0.1) is 18.8 Å². The highest BCUT2D eigenvalue weighted by atomic mass is 17.1. The fraction of sp³-hybridized carbons (Fsp3) is 0.667. The van der Waals surface area contributed by atoms with Crippen LogP contribution in [0.15, 0.2) is 36.4 Å². The van der Waals surface area contributed by atoms with Gasteiger partial charge in [0, 0.05) is 0 Å². The molecule has 6 heteroatoms. The van der Waals surface area contributed by atoms with Crippen molar-refractivity contribution < 1.29 is 30.2 Å². The summed E-state index contributed by atoms with van der Waals surface area (Å²) in [6.45, 7) is 4.04. The molecular formula is C24H38O6. The molecule has 1 saturated carbocycles. The van der Waals surface area contributed by atoms with E-state index in [1.165, 1.54) is 0 Å². The van der Waals surface area contributed by atoms with Crippen molar-refractivity contribution >= 4 is 0 Å². The number of hydrogen-bond acceptors (Lipinski definition) is 6. The number of benzene rings is 1. The first kappa shape index (κ1) is 24.8. The minimum atomic E-state index is -0.609. The maximum Gasteiger partial charge on any atom is 0.119 e. The molecule has 6 nitrogen and oxygen atoms in total. The second-order valence-electron chi connectivity index (χ2n) is 8.61. The number of aryl methyl sites for hydroxylation is 1. The molecule has 170 valence electrons. The maximum absolute atomic E-state index is 10.4. The summed E-state index contributed by atoms with van der Waals surface area (Å²) in [5.41, 5.74) is 1.11. The summed E-state index contributed by atoms with van der Waals surface area (Å²) >= 11 is 0. The SMILES string of the molecule is Cc1cccc(OCC(O)CC[C@H]2C(O)CC(O)[C@@H]2C/C=C\CCCC(C)OO)c1. The van der Waals surface area contributed by atoms with E-state index in [2.05, 4.69) is 17.0 Å². The largest absolute Gasteiger partial charge is 0.491 e. The molecule has 1 fully saturated rings. The van der Waals surface area contributed by atoms with Crippen LogP contribution in [0.1, 0.15) is 57.4 Å². The Balaban J connectivity index is 1.74. The number of rotatable bonds is 13. The molecular weight excluding hydrogens is 384 g/mol. The van der Waals surface area contributed by atoms with E-state index in [-0.39, 0.29) is 24.5 Å². The zero-order valence-electron chi connectivity index (χ0n) is 18.2. The first-order valence-corrected chi connectivity index (χ1v) is 11.1. The van der Waals surface area contributed by atoms with Gasteiger partial charge in [-0.1, -0.05) is 24.3 Å². The van der Waals surface area contributed by atoms with Crippen LogP contribution < -0.4 is 4.74 Å². The third-order valence-electron chi connectivity index (χ3n) is 6.02. The first-order valence-electron chi connectivity index (χ1n) is 11.1. The topological polar surface area (TPSA) is 99.4 Å². The second kappa shape index (κ2) is 13.1. The van der Waals surface area contributed by atoms with Crippen LogP contribution in [0.2, 0.25) is 0 Å². The van der Waals surface area contributed by atoms with Gasteiger partial charge >= 0.3 is 0 Å². The number of aliphatic hydroxyl groups excluding tert-OH is 3. The number of allylic oxidation sites excluding steroid dienone is 2. The van der Waals surface area contributed by atoms with Crippen molar-refractivity contribution in [3.63, 3.8) is 0 Å². The van der Waals surface area contributed by atoms with Gasteiger partial charge in [0.1, 0.15) is 12.4 Å². The van der Waals surface area contributed by atoms with Crippen molar-refractivity contribution in [3.8, 4) is 5.75 Å². The van der Waals surface area contributed by atoms with Gasteiger partial charge in [-0.05, 0) is 88.3 Å². The molecule has 1 aliphatic rings. The zero-order chi connectivity index (χ0) is 21.9. The Morgan fingerprint density at radius 3 is 2.63 bits per heavy atom. The fourth-order valence-electron chi connectivity index (χ4n) is 4.22. The Labute approximate surface area is 180 Å². The Morgan fingerprint density at radius 1 is 1.13 bits per heavy atom. The number of hydrogen-bond donors (Lipinski definition) is 4. The van der Waals surface area contributed by atoms with Gasteiger partial charge in [-0.3, -0.25) is 5.26 Å². The first-order chi connectivity index (χ1) is 14.4. The van der Waals surface area contributed by atoms with E-state index in [4.69, 9.17) is 9.99 Å². The van der Waals surface area contributed by atoms with E-state index in [0.717, 1.165) is 30.6 Å². The van der Waals surface area contributed by atoms with E-state index < -0.39 is 18.3 Å². The molecule has 0 bridgehead atoms. The van der Waals surface area contributed by atoms with E-state index >= 15 is 0 Å². The summed E-state index contributed by atoms with van der Waals surface area (Å²) in [6.07, 6.45) is 7.22. The van der Waals surface area contributed by atoms with Crippen LogP contribution in [-0.2, 0) is 4.89 Å². The number of unbranched alkanes of at least 4 members (excludes halogenated alkanes) is 1. The monoisotopic (exact) mass is 422 g/mol. The predicted octanol–water partition coefficient (Wildman–Crippen LogP) is 3.87. The van der Waals surface area contributed by atoms with E-state index in [9.17, 15) is 15.3 Å². The van der Waals surface area contributed by atoms with Crippen molar-refractivity contribution in [3.05, 3.63) is 42.0 Å². The lowest BCUT2D eigenvalue weighted by Gasteiger charge is -2.23. The molecule has 0 amide bonds. The Morgan fingerprint density at radius 2 is 1.90 bits per heavy atom. The molecule has 1 aliphatic carbocycles. The van der Waals surface area contributed by atoms with Crippen molar-refractivity contribution in [1.29, 1.82) is 0 Å². The average molecular weight is 423 g/mol. The standard InChI is InChI=1S/C24H38O6/c1-17-8-7-10-20(14-17)29-16-19(25)12-13-22-21(23(26)15-24(22)27)11-6-4-3-5-9-18(2)30-28/h4,6-8,10,14,18-19,21-28H,3,5,9,11-13,15-16H2,1-2H3/b6-4-/t18?,19?,21-,22-,23?,24?/m1/s1. The zero-order valence-corrected chi connectivity index (χ0v) is 18.2. The van der Waals surface area contributed by atoms with Gasteiger partial charge in [0.25, 0.3) is 0 Å². The van der Waals surface area contributed by atoms with E-state index in [1.54, 1.807) is 0 Å². The summed E-state index contributed by atoms with van der Waals surface area (Å²) in [5.74, 6) is 0.718. The molecule has 4 N–H and O–H groups in total. The average Bonchev–Trinajstić information content (AvgIpc) is 2.99. The molecule has 1 aromatic carbocycles. The molecule has 30 heavy (non-hydrogen) atoms. The smallest absolute Gasteiger partial charge is 0.119 e. The van der Waals surface area contributed by atoms with Crippen LogP contribution in [0.5, 0.6) is 5.75 Å². The highest BCUT2D eigenvalue weighted by Gasteiger charge is 2.40. The maximum atomic E-state index is 10.4. The Hall–Kier alpha value is -1.44. The van der Waals surface area contributed by atoms with E-state index in [1.807, 2.05) is 38.1 Å². The Bertz CT molecular complexity index is 634. The highest BCUT2D eigenvalue weighted by molar-refractivity contribution is 5.27. The molecule has 0 aromatic heterocycles. The van der Waals surface area contributed by atoms with Crippen molar-refractivity contribution in [1.82, 2.24) is 0 Å². The molecule has 4 unspecified atom stereocenters. The van der Waals surface area contributed by atoms with Gasteiger partial charge in [-0.2, -0.15) is 0 Å². The molecule has 6 atom stereocenters. The van der Waals surface area contributed by atoms with Gasteiger partial charge in [-0.25, -0.2) is 4.89 Å². The molecule has 0 saturated heterocycles. The van der Waals surface area contributed by atoms with Crippen LogP contribution in [0.25, 0.3) is 0 Å². The molecule has 1 aromatic rings. The minimum absolute atomic E-state index is 0.000778. The number of aliphatic hydroxyl groups is 3. The van der Waals surface area contributed by atoms with Gasteiger partial charge < -0.3 is 20.1 Å². The molecule has 0 heterocycles. The van der Waals surface area contributed by atoms with Crippen molar-refractivity contribution in [2.24, 2.45) is 11.8 Å². The van der Waals surface area contributed by atoms with Crippen molar-refractivity contribution in [2.45, 2.75) is 83.2 Å². The Kier molecular flexibility index (Phi) is 10.8. The van der Waals surface area contributed by atoms with Crippen LogP contribution in [0.4, 0.5) is 0 Å². The quantitative estimate of drug-likeness (QED) is 0.167. The fourth-order valence-corrected chi connectivity index (χ4v) is 4.22. The van der Waals surface area contributed by atoms with Crippen LogP contribution >= 0.6 is 0 Å². The lowest BCUT2D eigenvalue weighted by atomic mass is 9.86. The molecule has 2 rings (SSSR count). The lowest BCUT2D eigenvalue weighted by Crippen LogP contribution is -2.25. The van der Waals surface area contributed by atoms with Crippen LogP contribution in [-0.4, -0.2) is 51.6 Å². The van der Waals surface area contributed by atoms with Crippen LogP contribution in [0.3, 0.4) is 0 Å². The van der Waals surface area contributed by atoms with Gasteiger partial charge in [0.15, 0.2) is 0 Å². The van der Waals surface area contributed by atoms with Gasteiger partial charge in [-0.15, -0.1) is 0 Å². The van der Waals surface area contributed by atoms with Gasteiger partial charge in [0.05, 0.1) is 24.4 Å². The van der Waals surface area contributed by atoms with Gasteiger partial charge in [0.2, 0.25) is 0 Å². The summed E-state index contributed by atoms with van der Waals surface area (Å²) < 4.78 is 5.67. The third-order valence-corrected chi connectivity index (χ3v) is 6.02. The normalized spacial score (nSPS) is 26.2. The number of ether oxygens (including phenoxy) is 1.